The molecular weight excluding hydrogens is 258 g/mol. The van der Waals surface area contributed by atoms with Crippen LogP contribution in [-0.2, 0) is 11.3 Å². The summed E-state index contributed by atoms with van der Waals surface area (Å²) in [5.41, 5.74) is 0.968. The largest absolute Gasteiger partial charge is 0.354 e. The molecule has 0 fully saturated rings. The third kappa shape index (κ3) is 5.36. The van der Waals surface area contributed by atoms with Gasteiger partial charge in [-0.2, -0.15) is 0 Å². The fourth-order valence-electron chi connectivity index (χ4n) is 1.56. The van der Waals surface area contributed by atoms with E-state index in [1.807, 2.05) is 13.8 Å². The Kier molecular flexibility index (Phi) is 6.11. The van der Waals surface area contributed by atoms with Gasteiger partial charge in [0.15, 0.2) is 0 Å². The van der Waals surface area contributed by atoms with Gasteiger partial charge in [-0.1, -0.05) is 26.0 Å². The number of rotatable bonds is 7. The molecule has 1 aromatic rings. The van der Waals surface area contributed by atoms with Crippen molar-refractivity contribution in [1.82, 2.24) is 10.6 Å². The molecule has 1 aromatic carbocycles. The second-order valence-electron chi connectivity index (χ2n) is 5.17. The Bertz CT molecular complexity index is 457. The second-order valence-corrected chi connectivity index (χ2v) is 5.17. The van der Waals surface area contributed by atoms with Crippen LogP contribution in [0.4, 0.5) is 5.69 Å². The number of hydrogen-bond acceptors (Lipinski definition) is 4. The predicted molar refractivity (Wildman–Crippen MR) is 77.2 cm³/mol. The lowest BCUT2D eigenvalue weighted by Crippen LogP contribution is -2.42. The van der Waals surface area contributed by atoms with E-state index in [0.717, 1.165) is 5.56 Å². The zero-order chi connectivity index (χ0) is 15.1. The first kappa shape index (κ1) is 16.1. The topological polar surface area (TPSA) is 84.3 Å². The monoisotopic (exact) mass is 279 g/mol. The number of nitro groups is 1. The molecule has 1 atom stereocenters. The summed E-state index contributed by atoms with van der Waals surface area (Å²) in [4.78, 5) is 21.8. The van der Waals surface area contributed by atoms with Crippen LogP contribution in [0.3, 0.4) is 0 Å². The minimum Gasteiger partial charge on any atom is -0.354 e. The lowest BCUT2D eigenvalue weighted by atomic mass is 10.2. The standard InChI is InChI=1S/C14H21N3O3/c1-10(2)8-16-14(18)11(3)15-9-12-4-6-13(7-5-12)17(19)20/h4-7,10-11,15H,8-9H2,1-3H3,(H,16,18). The minimum atomic E-state index is -0.431. The molecule has 0 aromatic heterocycles. The predicted octanol–water partition coefficient (Wildman–Crippen LogP) is 1.85. The van der Waals surface area contributed by atoms with Crippen LogP contribution < -0.4 is 10.6 Å². The lowest BCUT2D eigenvalue weighted by molar-refractivity contribution is -0.384. The SMILES string of the molecule is CC(C)CNC(=O)C(C)NCc1ccc([N+](=O)[O-])cc1. The number of benzene rings is 1. The Morgan fingerprint density at radius 1 is 1.25 bits per heavy atom. The van der Waals surface area contributed by atoms with Gasteiger partial charge in [0, 0.05) is 25.2 Å². The smallest absolute Gasteiger partial charge is 0.269 e. The van der Waals surface area contributed by atoms with E-state index in [4.69, 9.17) is 0 Å². The molecule has 1 amide bonds. The van der Waals surface area contributed by atoms with Gasteiger partial charge in [-0.25, -0.2) is 0 Å². The molecule has 2 N–H and O–H groups in total. The minimum absolute atomic E-state index is 0.0411. The number of nitrogens with one attached hydrogen (secondary N) is 2. The maximum absolute atomic E-state index is 11.7. The first-order chi connectivity index (χ1) is 9.40. The van der Waals surface area contributed by atoms with Gasteiger partial charge in [-0.05, 0) is 18.4 Å². The van der Waals surface area contributed by atoms with E-state index in [-0.39, 0.29) is 17.6 Å². The van der Waals surface area contributed by atoms with Crippen molar-refractivity contribution in [2.75, 3.05) is 6.54 Å². The van der Waals surface area contributed by atoms with Crippen molar-refractivity contribution in [2.45, 2.75) is 33.4 Å². The summed E-state index contributed by atoms with van der Waals surface area (Å²) in [5.74, 6) is 0.376. The molecule has 1 rings (SSSR count). The highest BCUT2D eigenvalue weighted by Crippen LogP contribution is 2.11. The maximum atomic E-state index is 11.7. The Morgan fingerprint density at radius 2 is 1.85 bits per heavy atom. The highest BCUT2D eigenvalue weighted by molar-refractivity contribution is 5.81. The Balaban J connectivity index is 2.42. The quantitative estimate of drug-likeness (QED) is 0.589. The van der Waals surface area contributed by atoms with Crippen LogP contribution >= 0.6 is 0 Å². The number of non-ortho nitro benzene ring substituents is 1. The van der Waals surface area contributed by atoms with Gasteiger partial charge in [0.05, 0.1) is 11.0 Å². The Hall–Kier alpha value is -1.95. The molecule has 110 valence electrons. The van der Waals surface area contributed by atoms with E-state index in [1.54, 1.807) is 19.1 Å². The van der Waals surface area contributed by atoms with Crippen LogP contribution in [0.5, 0.6) is 0 Å². The molecule has 6 heteroatoms. The molecule has 0 aliphatic rings. The van der Waals surface area contributed by atoms with Crippen molar-refractivity contribution in [2.24, 2.45) is 5.92 Å². The van der Waals surface area contributed by atoms with Crippen LogP contribution in [0.25, 0.3) is 0 Å². The fraction of sp³-hybridized carbons (Fsp3) is 0.500. The van der Waals surface area contributed by atoms with Gasteiger partial charge in [-0.15, -0.1) is 0 Å². The van der Waals surface area contributed by atoms with E-state index in [1.165, 1.54) is 12.1 Å². The zero-order valence-electron chi connectivity index (χ0n) is 12.1. The molecule has 0 saturated heterocycles. The van der Waals surface area contributed by atoms with E-state index in [2.05, 4.69) is 10.6 Å². The number of carbonyl (C=O) groups is 1. The molecule has 6 nitrogen and oxygen atoms in total. The molecule has 0 heterocycles. The maximum Gasteiger partial charge on any atom is 0.269 e. The third-order valence-electron chi connectivity index (χ3n) is 2.84. The van der Waals surface area contributed by atoms with Crippen LogP contribution in [0.15, 0.2) is 24.3 Å². The zero-order valence-corrected chi connectivity index (χ0v) is 12.1. The summed E-state index contributed by atoms with van der Waals surface area (Å²) >= 11 is 0. The summed E-state index contributed by atoms with van der Waals surface area (Å²) in [6.45, 7) is 7.02. The average molecular weight is 279 g/mol. The van der Waals surface area contributed by atoms with Crippen LogP contribution in [0.1, 0.15) is 26.3 Å². The fourth-order valence-corrected chi connectivity index (χ4v) is 1.56. The normalized spacial score (nSPS) is 12.2. The number of hydrogen-bond donors (Lipinski definition) is 2. The van der Waals surface area contributed by atoms with E-state index < -0.39 is 4.92 Å². The molecule has 0 aliphatic carbocycles. The number of nitrogens with zero attached hydrogens (tertiary/aromatic N) is 1. The second kappa shape index (κ2) is 7.59. The van der Waals surface area contributed by atoms with Gasteiger partial charge in [0.2, 0.25) is 5.91 Å². The molecular formula is C14H21N3O3. The summed E-state index contributed by atoms with van der Waals surface area (Å²) in [6.07, 6.45) is 0. The van der Waals surface area contributed by atoms with Crippen molar-refractivity contribution >= 4 is 11.6 Å². The summed E-state index contributed by atoms with van der Waals surface area (Å²) in [6, 6.07) is 5.98. The van der Waals surface area contributed by atoms with Gasteiger partial charge in [-0.3, -0.25) is 14.9 Å². The summed E-state index contributed by atoms with van der Waals surface area (Å²) < 4.78 is 0. The molecule has 0 bridgehead atoms. The summed E-state index contributed by atoms with van der Waals surface area (Å²) in [5, 5.41) is 16.5. The van der Waals surface area contributed by atoms with Crippen molar-refractivity contribution in [3.05, 3.63) is 39.9 Å². The molecule has 0 spiro atoms. The average Bonchev–Trinajstić information content (AvgIpc) is 2.42. The van der Waals surface area contributed by atoms with Crippen LogP contribution in [0, 0.1) is 16.0 Å². The van der Waals surface area contributed by atoms with Crippen LogP contribution in [0.2, 0.25) is 0 Å². The molecule has 0 saturated carbocycles. The molecule has 20 heavy (non-hydrogen) atoms. The number of nitro benzene ring substituents is 1. The van der Waals surface area contributed by atoms with Crippen molar-refractivity contribution in [3.8, 4) is 0 Å². The van der Waals surface area contributed by atoms with Crippen LogP contribution in [-0.4, -0.2) is 23.4 Å². The highest BCUT2D eigenvalue weighted by Gasteiger charge is 2.12. The Labute approximate surface area is 118 Å². The van der Waals surface area contributed by atoms with E-state index in [9.17, 15) is 14.9 Å². The Morgan fingerprint density at radius 3 is 2.35 bits per heavy atom. The van der Waals surface area contributed by atoms with Gasteiger partial charge >= 0.3 is 0 Å². The number of amides is 1. The van der Waals surface area contributed by atoms with Gasteiger partial charge in [0.25, 0.3) is 5.69 Å². The molecule has 1 unspecified atom stereocenters. The molecule has 0 aliphatic heterocycles. The third-order valence-corrected chi connectivity index (χ3v) is 2.84. The first-order valence-corrected chi connectivity index (χ1v) is 6.64. The highest BCUT2D eigenvalue weighted by atomic mass is 16.6. The van der Waals surface area contributed by atoms with Crippen molar-refractivity contribution in [1.29, 1.82) is 0 Å². The first-order valence-electron chi connectivity index (χ1n) is 6.64. The van der Waals surface area contributed by atoms with Crippen molar-refractivity contribution < 1.29 is 9.72 Å². The lowest BCUT2D eigenvalue weighted by Gasteiger charge is -2.15. The number of carbonyl (C=O) groups excluding carboxylic acids is 1. The van der Waals surface area contributed by atoms with E-state index in [0.29, 0.717) is 19.0 Å². The van der Waals surface area contributed by atoms with Crippen molar-refractivity contribution in [3.63, 3.8) is 0 Å². The van der Waals surface area contributed by atoms with Gasteiger partial charge in [0.1, 0.15) is 0 Å². The van der Waals surface area contributed by atoms with E-state index >= 15 is 0 Å². The summed E-state index contributed by atoms with van der Waals surface area (Å²) in [7, 11) is 0. The van der Waals surface area contributed by atoms with Gasteiger partial charge < -0.3 is 10.6 Å². The molecule has 0 radical (unpaired) electrons.